The van der Waals surface area contributed by atoms with Gasteiger partial charge in [-0.15, -0.1) is 0 Å². The molecule has 0 bridgehead atoms. The van der Waals surface area contributed by atoms with Crippen LogP contribution in [0.1, 0.15) is 110 Å². The van der Waals surface area contributed by atoms with Gasteiger partial charge >= 0.3 is 19.8 Å². The fourth-order valence-electron chi connectivity index (χ4n) is 3.94. The monoisotopic (exact) mass is 665 g/mol. The Bertz CT molecular complexity index is 986. The molecule has 0 aliphatic rings. The SMILES string of the molecule is CC/C=C/C=C/C=C/CCCCCCCC(=O)OC(COC(=O)CCCC/C=C/C/C=C/C/C=C/CC)COP(=O)(O)OCCN. The number of nitrogens with two attached hydrogens (primary N) is 1. The predicted octanol–water partition coefficient (Wildman–Crippen LogP) is 8.76. The summed E-state index contributed by atoms with van der Waals surface area (Å²) >= 11 is 0. The van der Waals surface area contributed by atoms with Crippen LogP contribution in [0.3, 0.4) is 0 Å². The van der Waals surface area contributed by atoms with E-state index in [0.717, 1.165) is 70.6 Å². The van der Waals surface area contributed by atoms with Crippen LogP contribution in [0.5, 0.6) is 0 Å². The summed E-state index contributed by atoms with van der Waals surface area (Å²) in [5, 5.41) is 0. The van der Waals surface area contributed by atoms with Gasteiger partial charge in [-0.25, -0.2) is 4.57 Å². The minimum Gasteiger partial charge on any atom is -0.462 e. The van der Waals surface area contributed by atoms with Crippen molar-refractivity contribution < 1.29 is 37.6 Å². The van der Waals surface area contributed by atoms with E-state index in [4.69, 9.17) is 24.3 Å². The lowest BCUT2D eigenvalue weighted by atomic mass is 10.1. The van der Waals surface area contributed by atoms with Gasteiger partial charge in [0.2, 0.25) is 0 Å². The molecule has 0 aliphatic heterocycles. The number of ether oxygens (including phenoxy) is 2. The van der Waals surface area contributed by atoms with Gasteiger partial charge in [0.25, 0.3) is 0 Å². The summed E-state index contributed by atoms with van der Waals surface area (Å²) < 4.78 is 32.5. The molecule has 0 spiro atoms. The van der Waals surface area contributed by atoms with Crippen LogP contribution in [-0.4, -0.2) is 49.3 Å². The molecule has 0 aromatic rings. The molecular weight excluding hydrogens is 605 g/mol. The molecule has 46 heavy (non-hydrogen) atoms. The van der Waals surface area contributed by atoms with Gasteiger partial charge in [0.1, 0.15) is 6.61 Å². The number of hydrogen-bond acceptors (Lipinski definition) is 8. The quantitative estimate of drug-likeness (QED) is 0.0254. The number of carbonyl (C=O) groups is 2. The van der Waals surface area contributed by atoms with Gasteiger partial charge in [-0.3, -0.25) is 18.6 Å². The highest BCUT2D eigenvalue weighted by Gasteiger charge is 2.25. The molecule has 0 saturated heterocycles. The van der Waals surface area contributed by atoms with Crippen LogP contribution in [0.4, 0.5) is 0 Å². The second-order valence-electron chi connectivity index (χ2n) is 10.7. The fourth-order valence-corrected chi connectivity index (χ4v) is 4.70. The fraction of sp³-hybridized carbons (Fsp3) is 0.611. The Hall–Kier alpha value is -2.55. The molecule has 0 heterocycles. The maximum Gasteiger partial charge on any atom is 0.472 e. The Morgan fingerprint density at radius 1 is 0.674 bits per heavy atom. The van der Waals surface area contributed by atoms with Crippen molar-refractivity contribution in [1.29, 1.82) is 0 Å². The second-order valence-corrected chi connectivity index (χ2v) is 12.1. The molecule has 0 radical (unpaired) electrons. The summed E-state index contributed by atoms with van der Waals surface area (Å²) in [6.45, 7) is 3.36. The lowest BCUT2D eigenvalue weighted by Crippen LogP contribution is -2.29. The molecule has 2 unspecified atom stereocenters. The smallest absolute Gasteiger partial charge is 0.462 e. The highest BCUT2D eigenvalue weighted by molar-refractivity contribution is 7.47. The number of phosphoric ester groups is 1. The molecular formula is C36H60NO8P. The van der Waals surface area contributed by atoms with E-state index in [9.17, 15) is 19.0 Å². The first-order valence-electron chi connectivity index (χ1n) is 16.9. The molecule has 0 rings (SSSR count). The first-order valence-corrected chi connectivity index (χ1v) is 18.4. The Morgan fingerprint density at radius 2 is 1.24 bits per heavy atom. The van der Waals surface area contributed by atoms with E-state index < -0.39 is 32.5 Å². The molecule has 10 heteroatoms. The third-order valence-electron chi connectivity index (χ3n) is 6.40. The maximum absolute atomic E-state index is 12.5. The second kappa shape index (κ2) is 32.4. The van der Waals surface area contributed by atoms with Crippen LogP contribution in [0, 0.1) is 0 Å². The molecule has 0 fully saturated rings. The van der Waals surface area contributed by atoms with Crippen molar-refractivity contribution in [3.63, 3.8) is 0 Å². The maximum atomic E-state index is 12.5. The summed E-state index contributed by atoms with van der Waals surface area (Å²) in [5.74, 6) is -0.912. The number of hydrogen-bond donors (Lipinski definition) is 2. The lowest BCUT2D eigenvalue weighted by Gasteiger charge is -2.19. The predicted molar refractivity (Wildman–Crippen MR) is 187 cm³/mol. The van der Waals surface area contributed by atoms with Crippen molar-refractivity contribution in [2.24, 2.45) is 5.73 Å². The minimum atomic E-state index is -4.38. The van der Waals surface area contributed by atoms with Gasteiger partial charge < -0.3 is 20.1 Å². The summed E-state index contributed by atoms with van der Waals surface area (Å²) in [5.41, 5.74) is 5.31. The Kier molecular flexibility index (Phi) is 30.6. The summed E-state index contributed by atoms with van der Waals surface area (Å²) in [6, 6.07) is 0. The van der Waals surface area contributed by atoms with Crippen LogP contribution in [0.25, 0.3) is 0 Å². The number of carbonyl (C=O) groups excluding carboxylic acids is 2. The number of phosphoric acid groups is 1. The standard InChI is InChI=1S/C36H60NO8P/c1-3-5-7-9-11-13-15-17-19-21-23-25-27-29-36(39)45-34(33-44-46(40,41)43-31-30-37)32-42-35(38)28-26-24-22-20-18-16-14-12-10-8-6-4-2/h5-9,11-15,18,20,34H,3-4,10,16-17,19,21-33,37H2,1-2H3,(H,40,41)/b7-5+,8-6+,11-9+,14-12+,15-13+,20-18+. The summed E-state index contributed by atoms with van der Waals surface area (Å²) in [6.07, 6.45) is 36.6. The van der Waals surface area contributed by atoms with Crippen molar-refractivity contribution in [3.05, 3.63) is 72.9 Å². The molecule has 0 amide bonds. The van der Waals surface area contributed by atoms with E-state index in [1.807, 2.05) is 18.2 Å². The number of unbranched alkanes of at least 4 members (excludes halogenated alkanes) is 7. The summed E-state index contributed by atoms with van der Waals surface area (Å²) in [4.78, 5) is 34.5. The van der Waals surface area contributed by atoms with Crippen molar-refractivity contribution in [2.75, 3.05) is 26.4 Å². The van der Waals surface area contributed by atoms with Crippen LogP contribution in [-0.2, 0) is 32.7 Å². The first-order chi connectivity index (χ1) is 22.3. The molecule has 0 aromatic heterocycles. The summed E-state index contributed by atoms with van der Waals surface area (Å²) in [7, 11) is -4.38. The number of rotatable bonds is 30. The van der Waals surface area contributed by atoms with Crippen molar-refractivity contribution in [2.45, 2.75) is 116 Å². The van der Waals surface area contributed by atoms with Crippen LogP contribution in [0.2, 0.25) is 0 Å². The highest BCUT2D eigenvalue weighted by atomic mass is 31.2. The van der Waals surface area contributed by atoms with E-state index in [2.05, 4.69) is 68.5 Å². The zero-order chi connectivity index (χ0) is 34.0. The van der Waals surface area contributed by atoms with E-state index in [-0.39, 0.29) is 32.6 Å². The van der Waals surface area contributed by atoms with E-state index >= 15 is 0 Å². The average Bonchev–Trinajstić information content (AvgIpc) is 3.04. The van der Waals surface area contributed by atoms with E-state index in [1.165, 1.54) is 0 Å². The van der Waals surface area contributed by atoms with Gasteiger partial charge in [-0.2, -0.15) is 0 Å². The van der Waals surface area contributed by atoms with Gasteiger partial charge in [-0.05, 0) is 64.2 Å². The Morgan fingerprint density at radius 3 is 1.96 bits per heavy atom. The van der Waals surface area contributed by atoms with Crippen molar-refractivity contribution in [1.82, 2.24) is 0 Å². The third kappa shape index (κ3) is 31.4. The van der Waals surface area contributed by atoms with Gasteiger partial charge in [-0.1, -0.05) is 106 Å². The topological polar surface area (TPSA) is 134 Å². The average molecular weight is 666 g/mol. The molecule has 3 N–H and O–H groups in total. The molecule has 0 aliphatic carbocycles. The highest BCUT2D eigenvalue weighted by Crippen LogP contribution is 2.43. The Labute approximate surface area is 278 Å². The number of allylic oxidation sites excluding steroid dienone is 12. The van der Waals surface area contributed by atoms with Crippen molar-refractivity contribution >= 4 is 19.8 Å². The van der Waals surface area contributed by atoms with Crippen LogP contribution >= 0.6 is 7.82 Å². The normalized spacial score (nSPS) is 14.4. The molecule has 9 nitrogen and oxygen atoms in total. The third-order valence-corrected chi connectivity index (χ3v) is 7.38. The molecule has 0 saturated carbocycles. The van der Waals surface area contributed by atoms with Gasteiger partial charge in [0, 0.05) is 19.4 Å². The minimum absolute atomic E-state index is 0.0404. The lowest BCUT2D eigenvalue weighted by molar-refractivity contribution is -0.161. The van der Waals surface area contributed by atoms with Crippen LogP contribution in [0.15, 0.2) is 72.9 Å². The van der Waals surface area contributed by atoms with Crippen molar-refractivity contribution in [3.8, 4) is 0 Å². The zero-order valence-electron chi connectivity index (χ0n) is 28.3. The van der Waals surface area contributed by atoms with Gasteiger partial charge in [0.05, 0.1) is 13.2 Å². The molecule has 0 aromatic carbocycles. The Balaban J connectivity index is 4.41. The van der Waals surface area contributed by atoms with E-state index in [0.29, 0.717) is 12.8 Å². The van der Waals surface area contributed by atoms with Crippen LogP contribution < -0.4 is 5.73 Å². The molecule has 262 valence electrons. The zero-order valence-corrected chi connectivity index (χ0v) is 29.2. The first kappa shape index (κ1) is 43.5. The number of esters is 2. The molecule has 2 atom stereocenters. The van der Waals surface area contributed by atoms with Gasteiger partial charge in [0.15, 0.2) is 6.10 Å². The van der Waals surface area contributed by atoms with E-state index in [1.54, 1.807) is 0 Å². The largest absolute Gasteiger partial charge is 0.472 e.